The summed E-state index contributed by atoms with van der Waals surface area (Å²) >= 11 is 0. The lowest BCUT2D eigenvalue weighted by atomic mass is 9.73. The van der Waals surface area contributed by atoms with Crippen LogP contribution in [0.15, 0.2) is 0 Å². The first-order valence-corrected chi connectivity index (χ1v) is 6.89. The van der Waals surface area contributed by atoms with Gasteiger partial charge >= 0.3 is 11.9 Å². The summed E-state index contributed by atoms with van der Waals surface area (Å²) in [6.45, 7) is 5.26. The minimum Gasteiger partial charge on any atom is -0.480 e. The predicted molar refractivity (Wildman–Crippen MR) is 71.6 cm³/mol. The van der Waals surface area contributed by atoms with Crippen LogP contribution in [-0.4, -0.2) is 28.2 Å². The zero-order valence-electron chi connectivity index (χ0n) is 12.1. The van der Waals surface area contributed by atoms with Crippen molar-refractivity contribution in [2.75, 3.05) is 0 Å². The van der Waals surface area contributed by atoms with E-state index in [1.165, 1.54) is 0 Å². The first-order chi connectivity index (χ1) is 8.65. The van der Waals surface area contributed by atoms with Crippen LogP contribution in [0, 0.1) is 5.92 Å². The van der Waals surface area contributed by atoms with Gasteiger partial charge < -0.3 is 15.6 Å². The van der Waals surface area contributed by atoms with Gasteiger partial charge in [0.25, 0.3) is 0 Å². The lowest BCUT2D eigenvalue weighted by Crippen LogP contribution is -2.56. The molecule has 0 aliphatic heterocycles. The first-order valence-electron chi connectivity index (χ1n) is 6.89. The van der Waals surface area contributed by atoms with E-state index in [9.17, 15) is 14.7 Å². The minimum absolute atomic E-state index is 0.147. The summed E-state index contributed by atoms with van der Waals surface area (Å²) in [5.74, 6) is -1.79. The van der Waals surface area contributed by atoms with Crippen LogP contribution in [0.25, 0.3) is 0 Å². The lowest BCUT2D eigenvalue weighted by molar-refractivity contribution is -0.162. The molecule has 0 amide bonds. The SMILES string of the molecule is CC(C)(C)OC(=O)CC(N)(C(=O)O)C1CCCCC1. The van der Waals surface area contributed by atoms with E-state index >= 15 is 0 Å². The second-order valence-electron chi connectivity index (χ2n) is 6.44. The van der Waals surface area contributed by atoms with Gasteiger partial charge in [-0.15, -0.1) is 0 Å². The summed E-state index contributed by atoms with van der Waals surface area (Å²) < 4.78 is 5.19. The van der Waals surface area contributed by atoms with Gasteiger partial charge in [0.1, 0.15) is 11.1 Å². The van der Waals surface area contributed by atoms with Gasteiger partial charge in [0, 0.05) is 0 Å². The molecule has 0 aromatic heterocycles. The zero-order chi connectivity index (χ0) is 14.7. The topological polar surface area (TPSA) is 89.6 Å². The molecule has 1 fully saturated rings. The Bertz CT molecular complexity index is 342. The Morgan fingerprint density at radius 2 is 1.74 bits per heavy atom. The number of aliphatic carboxylic acids is 1. The third-order valence-corrected chi connectivity index (χ3v) is 3.59. The molecule has 3 N–H and O–H groups in total. The van der Waals surface area contributed by atoms with Gasteiger partial charge in [0.2, 0.25) is 0 Å². The van der Waals surface area contributed by atoms with E-state index in [0.717, 1.165) is 32.1 Å². The molecule has 0 heterocycles. The average molecular weight is 271 g/mol. The molecule has 0 aromatic rings. The summed E-state index contributed by atoms with van der Waals surface area (Å²) in [6.07, 6.45) is 4.34. The van der Waals surface area contributed by atoms with Gasteiger partial charge in [-0.25, -0.2) is 0 Å². The lowest BCUT2D eigenvalue weighted by Gasteiger charge is -2.36. The van der Waals surface area contributed by atoms with Crippen molar-refractivity contribution in [2.45, 2.75) is 70.4 Å². The molecule has 5 heteroatoms. The maximum atomic E-state index is 11.9. The Labute approximate surface area is 114 Å². The van der Waals surface area contributed by atoms with Gasteiger partial charge in [0.05, 0.1) is 6.42 Å². The molecule has 0 saturated heterocycles. The van der Waals surface area contributed by atoms with Crippen molar-refractivity contribution in [1.29, 1.82) is 0 Å². The van der Waals surface area contributed by atoms with Crippen LogP contribution in [-0.2, 0) is 14.3 Å². The number of ether oxygens (including phenoxy) is 1. The standard InChI is InChI=1S/C14H25NO4/c1-13(2,3)19-11(16)9-14(15,12(17)18)10-7-5-4-6-8-10/h10H,4-9,15H2,1-3H3,(H,17,18). The van der Waals surface area contributed by atoms with Gasteiger partial charge in [0.15, 0.2) is 0 Å². The number of hydrogen-bond donors (Lipinski definition) is 2. The number of nitrogens with two attached hydrogens (primary N) is 1. The van der Waals surface area contributed by atoms with E-state index in [2.05, 4.69) is 0 Å². The predicted octanol–water partition coefficient (Wildman–Crippen LogP) is 2.08. The van der Waals surface area contributed by atoms with Crippen molar-refractivity contribution in [3.8, 4) is 0 Å². The Hall–Kier alpha value is -1.10. The summed E-state index contributed by atoms with van der Waals surface area (Å²) in [4.78, 5) is 23.3. The third kappa shape index (κ3) is 4.49. The summed E-state index contributed by atoms with van der Waals surface area (Å²) in [6, 6.07) is 0. The number of carboxylic acid groups (broad SMARTS) is 1. The summed E-state index contributed by atoms with van der Waals surface area (Å²) in [5, 5.41) is 9.40. The van der Waals surface area contributed by atoms with Crippen molar-refractivity contribution < 1.29 is 19.4 Å². The highest BCUT2D eigenvalue weighted by molar-refractivity contribution is 5.86. The fraction of sp³-hybridized carbons (Fsp3) is 0.857. The van der Waals surface area contributed by atoms with Crippen LogP contribution in [0.5, 0.6) is 0 Å². The minimum atomic E-state index is -1.50. The average Bonchev–Trinajstić information content (AvgIpc) is 2.27. The van der Waals surface area contributed by atoms with Gasteiger partial charge in [-0.3, -0.25) is 9.59 Å². The van der Waals surface area contributed by atoms with Crippen LogP contribution < -0.4 is 5.73 Å². The Morgan fingerprint density at radius 1 is 1.21 bits per heavy atom. The molecular formula is C14H25NO4. The molecule has 1 rings (SSSR count). The molecule has 0 aromatic carbocycles. The maximum Gasteiger partial charge on any atom is 0.324 e. The second-order valence-corrected chi connectivity index (χ2v) is 6.44. The zero-order valence-corrected chi connectivity index (χ0v) is 12.1. The largest absolute Gasteiger partial charge is 0.480 e. The van der Waals surface area contributed by atoms with Crippen LogP contribution in [0.3, 0.4) is 0 Å². The first kappa shape index (κ1) is 16.0. The van der Waals surface area contributed by atoms with Crippen LogP contribution in [0.2, 0.25) is 0 Å². The number of carbonyl (C=O) groups is 2. The number of hydrogen-bond acceptors (Lipinski definition) is 4. The van der Waals surface area contributed by atoms with Gasteiger partial charge in [-0.2, -0.15) is 0 Å². The second kappa shape index (κ2) is 5.90. The molecule has 0 spiro atoms. The van der Waals surface area contributed by atoms with Crippen LogP contribution in [0.1, 0.15) is 59.3 Å². The normalized spacial score (nSPS) is 20.6. The molecule has 1 unspecified atom stereocenters. The molecule has 5 nitrogen and oxygen atoms in total. The number of esters is 1. The highest BCUT2D eigenvalue weighted by Crippen LogP contribution is 2.34. The summed E-state index contributed by atoms with van der Waals surface area (Å²) in [5.41, 5.74) is 3.92. The van der Waals surface area contributed by atoms with Gasteiger partial charge in [-0.05, 0) is 39.5 Å². The van der Waals surface area contributed by atoms with Gasteiger partial charge in [-0.1, -0.05) is 19.3 Å². The van der Waals surface area contributed by atoms with E-state index in [1.807, 2.05) is 0 Å². The Kier molecular flexibility index (Phi) is 4.96. The maximum absolute atomic E-state index is 11.9. The summed E-state index contributed by atoms with van der Waals surface area (Å²) in [7, 11) is 0. The van der Waals surface area contributed by atoms with E-state index < -0.39 is 23.1 Å². The van der Waals surface area contributed by atoms with E-state index in [-0.39, 0.29) is 12.3 Å². The quantitative estimate of drug-likeness (QED) is 0.764. The number of carbonyl (C=O) groups excluding carboxylic acids is 1. The van der Waals surface area contributed by atoms with Crippen LogP contribution >= 0.6 is 0 Å². The molecule has 1 aliphatic carbocycles. The smallest absolute Gasteiger partial charge is 0.324 e. The Balaban J connectivity index is 2.76. The molecule has 1 saturated carbocycles. The van der Waals surface area contributed by atoms with Crippen molar-refractivity contribution in [1.82, 2.24) is 0 Å². The number of carboxylic acids is 1. The van der Waals surface area contributed by atoms with Crippen molar-refractivity contribution in [3.63, 3.8) is 0 Å². The van der Waals surface area contributed by atoms with E-state index in [4.69, 9.17) is 10.5 Å². The molecular weight excluding hydrogens is 246 g/mol. The van der Waals surface area contributed by atoms with Crippen molar-refractivity contribution >= 4 is 11.9 Å². The Morgan fingerprint density at radius 3 is 2.16 bits per heavy atom. The molecule has 19 heavy (non-hydrogen) atoms. The fourth-order valence-corrected chi connectivity index (χ4v) is 2.63. The van der Waals surface area contributed by atoms with Crippen molar-refractivity contribution in [3.05, 3.63) is 0 Å². The molecule has 1 atom stereocenters. The molecule has 0 bridgehead atoms. The van der Waals surface area contributed by atoms with Crippen LogP contribution in [0.4, 0.5) is 0 Å². The molecule has 1 aliphatic rings. The van der Waals surface area contributed by atoms with E-state index in [0.29, 0.717) is 0 Å². The monoisotopic (exact) mass is 271 g/mol. The number of rotatable bonds is 4. The van der Waals surface area contributed by atoms with Crippen molar-refractivity contribution in [2.24, 2.45) is 11.7 Å². The molecule has 0 radical (unpaired) electrons. The third-order valence-electron chi connectivity index (χ3n) is 3.59. The highest BCUT2D eigenvalue weighted by atomic mass is 16.6. The molecule has 110 valence electrons. The van der Waals surface area contributed by atoms with E-state index in [1.54, 1.807) is 20.8 Å². The fourth-order valence-electron chi connectivity index (χ4n) is 2.63. The highest BCUT2D eigenvalue weighted by Gasteiger charge is 2.45.